The average molecular weight is 172 g/mol. The van der Waals surface area contributed by atoms with E-state index in [0.717, 1.165) is 6.92 Å². The van der Waals surface area contributed by atoms with Gasteiger partial charge in [0.2, 0.25) is 0 Å². The predicted octanol–water partition coefficient (Wildman–Crippen LogP) is -2.53. The van der Waals surface area contributed by atoms with Crippen molar-refractivity contribution in [3.8, 4) is 0 Å². The van der Waals surface area contributed by atoms with Gasteiger partial charge in [-0.1, -0.05) is 6.92 Å². The van der Waals surface area contributed by atoms with Gasteiger partial charge in [-0.15, -0.1) is 0 Å². The Labute approximate surface area is 69.0 Å². The second-order valence-electron chi connectivity index (χ2n) is 2.38. The van der Waals surface area contributed by atoms with Crippen molar-refractivity contribution in [3.05, 3.63) is 0 Å². The molecule has 0 heterocycles. The minimum Gasteiger partial charge on any atom is -0.550 e. The Hall–Kier alpha value is -1.39. The number of carboxylic acids is 2. The summed E-state index contributed by atoms with van der Waals surface area (Å²) >= 11 is 0. The van der Waals surface area contributed by atoms with E-state index in [0.29, 0.717) is 0 Å². The Kier molecular flexibility index (Phi) is 3.96. The molecule has 0 aromatic carbocycles. The van der Waals surface area contributed by atoms with Gasteiger partial charge in [0.1, 0.15) is 5.78 Å². The first-order valence-corrected chi connectivity index (χ1v) is 3.38. The van der Waals surface area contributed by atoms with Gasteiger partial charge in [0.05, 0.1) is 11.9 Å². The fourth-order valence-corrected chi connectivity index (χ4v) is 0.573. The molecule has 0 amide bonds. The van der Waals surface area contributed by atoms with Crippen LogP contribution in [0.5, 0.6) is 0 Å². The van der Waals surface area contributed by atoms with E-state index >= 15 is 0 Å². The van der Waals surface area contributed by atoms with Gasteiger partial charge < -0.3 is 19.8 Å². The van der Waals surface area contributed by atoms with Crippen molar-refractivity contribution in [2.24, 2.45) is 5.92 Å². The van der Waals surface area contributed by atoms with Gasteiger partial charge in [0.25, 0.3) is 0 Å². The highest BCUT2D eigenvalue weighted by atomic mass is 16.4. The summed E-state index contributed by atoms with van der Waals surface area (Å²) < 4.78 is 0. The second-order valence-corrected chi connectivity index (χ2v) is 2.38. The van der Waals surface area contributed by atoms with Crippen molar-refractivity contribution in [2.45, 2.75) is 19.8 Å². The molecule has 12 heavy (non-hydrogen) atoms. The average Bonchev–Trinajstić information content (AvgIpc) is 1.98. The molecule has 0 saturated heterocycles. The highest BCUT2D eigenvalue weighted by Crippen LogP contribution is 2.01. The van der Waals surface area contributed by atoms with Crippen molar-refractivity contribution in [2.75, 3.05) is 0 Å². The molecule has 0 rings (SSSR count). The molecule has 0 aromatic rings. The molecule has 1 atom stereocenters. The zero-order valence-corrected chi connectivity index (χ0v) is 6.53. The summed E-state index contributed by atoms with van der Waals surface area (Å²) in [7, 11) is 0. The Morgan fingerprint density at radius 1 is 1.17 bits per heavy atom. The molecule has 0 spiro atoms. The van der Waals surface area contributed by atoms with Crippen molar-refractivity contribution >= 4 is 17.7 Å². The number of ketones is 1. The topological polar surface area (TPSA) is 97.3 Å². The number of rotatable bonds is 5. The number of carboxylic acid groups (broad SMARTS) is 2. The van der Waals surface area contributed by atoms with Crippen LogP contribution in [0, 0.1) is 5.92 Å². The predicted molar refractivity (Wildman–Crippen MR) is 33.4 cm³/mol. The van der Waals surface area contributed by atoms with E-state index in [-0.39, 0.29) is 6.42 Å². The normalized spacial score (nSPS) is 12.1. The van der Waals surface area contributed by atoms with Crippen LogP contribution >= 0.6 is 0 Å². The molecule has 5 nitrogen and oxygen atoms in total. The molecule has 0 aromatic heterocycles. The van der Waals surface area contributed by atoms with E-state index in [1.807, 2.05) is 0 Å². The lowest BCUT2D eigenvalue weighted by Gasteiger charge is -2.10. The molecule has 0 radical (unpaired) electrons. The first-order valence-electron chi connectivity index (χ1n) is 3.38. The van der Waals surface area contributed by atoms with Crippen molar-refractivity contribution in [3.63, 3.8) is 0 Å². The Balaban J connectivity index is 3.88. The third-order valence-electron chi connectivity index (χ3n) is 1.41. The largest absolute Gasteiger partial charge is 0.550 e. The van der Waals surface area contributed by atoms with Gasteiger partial charge in [-0.3, -0.25) is 4.79 Å². The van der Waals surface area contributed by atoms with E-state index in [9.17, 15) is 24.6 Å². The zero-order valence-electron chi connectivity index (χ0n) is 6.53. The Bertz CT molecular complexity index is 208. The van der Waals surface area contributed by atoms with Gasteiger partial charge >= 0.3 is 0 Å². The summed E-state index contributed by atoms with van der Waals surface area (Å²) in [6, 6.07) is 0. The number of carbonyl (C=O) groups is 3. The summed E-state index contributed by atoms with van der Waals surface area (Å²) in [5.41, 5.74) is 0. The van der Waals surface area contributed by atoms with Crippen LogP contribution in [0.15, 0.2) is 0 Å². The number of Topliss-reactive ketones (excluding diaryl/α,β-unsaturated/α-hetero) is 1. The summed E-state index contributed by atoms with van der Waals surface area (Å²) in [6.07, 6.45) is -0.770. The van der Waals surface area contributed by atoms with Crippen LogP contribution in [0.25, 0.3) is 0 Å². The molecule has 0 aliphatic carbocycles. The van der Waals surface area contributed by atoms with Gasteiger partial charge in [-0.25, -0.2) is 0 Å². The molecule has 0 aliphatic heterocycles. The lowest BCUT2D eigenvalue weighted by atomic mass is 10.0. The summed E-state index contributed by atoms with van der Waals surface area (Å²) in [5.74, 6) is -4.75. The number of aliphatic carboxylic acids is 2. The van der Waals surface area contributed by atoms with Crippen LogP contribution in [-0.4, -0.2) is 17.7 Å². The zero-order chi connectivity index (χ0) is 9.72. The molecule has 5 heteroatoms. The van der Waals surface area contributed by atoms with E-state index in [1.165, 1.54) is 0 Å². The molecule has 68 valence electrons. The quantitative estimate of drug-likeness (QED) is 0.426. The van der Waals surface area contributed by atoms with E-state index in [2.05, 4.69) is 0 Å². The summed E-state index contributed by atoms with van der Waals surface area (Å²) in [4.78, 5) is 30.7. The molecule has 0 bridgehead atoms. The first kappa shape index (κ1) is 10.6. The minimum atomic E-state index is -1.49. The molecule has 0 aliphatic rings. The maximum Gasteiger partial charge on any atom is 0.141 e. The number of carbonyl (C=O) groups excluding carboxylic acids is 3. The molecular formula is C7H8O5-2. The molecule has 0 saturated carbocycles. The fraction of sp³-hybridized carbons (Fsp3) is 0.571. The van der Waals surface area contributed by atoms with Crippen molar-refractivity contribution in [1.82, 2.24) is 0 Å². The van der Waals surface area contributed by atoms with Crippen LogP contribution in [-0.2, 0) is 14.4 Å². The molecular weight excluding hydrogens is 164 g/mol. The van der Waals surface area contributed by atoms with Crippen LogP contribution in [0.4, 0.5) is 0 Å². The maximum atomic E-state index is 10.8. The lowest BCUT2D eigenvalue weighted by Crippen LogP contribution is -2.35. The number of hydrogen-bond acceptors (Lipinski definition) is 5. The van der Waals surface area contributed by atoms with Crippen molar-refractivity contribution in [1.29, 1.82) is 0 Å². The number of hydrogen-bond donors (Lipinski definition) is 0. The van der Waals surface area contributed by atoms with Crippen molar-refractivity contribution < 1.29 is 24.6 Å². The summed E-state index contributed by atoms with van der Waals surface area (Å²) in [5, 5.41) is 20.0. The molecule has 1 unspecified atom stereocenters. The van der Waals surface area contributed by atoms with Gasteiger partial charge in [0, 0.05) is 12.4 Å². The monoisotopic (exact) mass is 172 g/mol. The lowest BCUT2D eigenvalue weighted by molar-refractivity contribution is -0.310. The smallest absolute Gasteiger partial charge is 0.141 e. The third kappa shape index (κ3) is 3.70. The van der Waals surface area contributed by atoms with Gasteiger partial charge in [-0.05, 0) is 6.42 Å². The fourth-order valence-electron chi connectivity index (χ4n) is 0.573. The van der Waals surface area contributed by atoms with E-state index in [4.69, 9.17) is 0 Å². The Morgan fingerprint density at radius 3 is 2.00 bits per heavy atom. The SMILES string of the molecule is CC(C(=O)[O-])C(=O)CCC(=O)[O-]. The van der Waals surface area contributed by atoms with Crippen LogP contribution < -0.4 is 10.2 Å². The third-order valence-corrected chi connectivity index (χ3v) is 1.41. The van der Waals surface area contributed by atoms with Gasteiger partial charge in [0.15, 0.2) is 0 Å². The Morgan fingerprint density at radius 2 is 1.67 bits per heavy atom. The highest BCUT2D eigenvalue weighted by Gasteiger charge is 2.12. The standard InChI is InChI=1S/C7H10O5/c1-4(7(11)12)5(8)2-3-6(9)10/h4H,2-3H2,1H3,(H,9,10)(H,11,12)/p-2. The molecule has 0 fully saturated rings. The van der Waals surface area contributed by atoms with E-state index in [1.54, 1.807) is 0 Å². The molecule has 0 N–H and O–H groups in total. The first-order chi connectivity index (χ1) is 5.45. The van der Waals surface area contributed by atoms with Crippen LogP contribution in [0.3, 0.4) is 0 Å². The van der Waals surface area contributed by atoms with Gasteiger partial charge in [-0.2, -0.15) is 0 Å². The van der Waals surface area contributed by atoms with Crippen LogP contribution in [0.1, 0.15) is 19.8 Å². The highest BCUT2D eigenvalue weighted by molar-refractivity contribution is 5.97. The second kappa shape index (κ2) is 4.48. The maximum absolute atomic E-state index is 10.8. The summed E-state index contributed by atoms with van der Waals surface area (Å²) in [6.45, 7) is 1.16. The van der Waals surface area contributed by atoms with Crippen LogP contribution in [0.2, 0.25) is 0 Å². The van der Waals surface area contributed by atoms with E-state index < -0.39 is 30.1 Å². The minimum absolute atomic E-state index is 0.322.